The molecule has 0 amide bonds. The van der Waals surface area contributed by atoms with Gasteiger partial charge in [-0.05, 0) is 32.7 Å². The Kier molecular flexibility index (Phi) is 3.76. The summed E-state index contributed by atoms with van der Waals surface area (Å²) in [5, 5.41) is 0. The van der Waals surface area contributed by atoms with Crippen molar-refractivity contribution in [3.05, 3.63) is 0 Å². The van der Waals surface area contributed by atoms with Gasteiger partial charge in [0.2, 0.25) is 0 Å². The summed E-state index contributed by atoms with van der Waals surface area (Å²) in [6.07, 6.45) is 6.33. The first-order valence-corrected chi connectivity index (χ1v) is 6.11. The van der Waals surface area contributed by atoms with Gasteiger partial charge >= 0.3 is 0 Å². The normalized spacial score (nSPS) is 29.7. The Morgan fingerprint density at radius 1 is 1.20 bits per heavy atom. The van der Waals surface area contributed by atoms with Gasteiger partial charge in [-0.3, -0.25) is 9.69 Å². The van der Waals surface area contributed by atoms with E-state index in [0.717, 1.165) is 45.3 Å². The fourth-order valence-electron chi connectivity index (χ4n) is 2.74. The summed E-state index contributed by atoms with van der Waals surface area (Å²) in [6, 6.07) is 0.757. The lowest BCUT2D eigenvalue weighted by atomic mass is 9.91. The number of carbonyl (C=O) groups is 1. The molecule has 0 N–H and O–H groups in total. The van der Waals surface area contributed by atoms with Crippen molar-refractivity contribution < 1.29 is 9.53 Å². The first kappa shape index (κ1) is 11.1. The fraction of sp³-hybridized carbons (Fsp3) is 0.917. The van der Waals surface area contributed by atoms with Gasteiger partial charge < -0.3 is 4.74 Å². The van der Waals surface area contributed by atoms with Crippen molar-refractivity contribution in [2.24, 2.45) is 0 Å². The van der Waals surface area contributed by atoms with E-state index >= 15 is 0 Å². The van der Waals surface area contributed by atoms with Crippen molar-refractivity contribution in [1.29, 1.82) is 0 Å². The zero-order chi connectivity index (χ0) is 10.7. The summed E-state index contributed by atoms with van der Waals surface area (Å²) < 4.78 is 5.35. The predicted octanol–water partition coefficient (Wildman–Crippen LogP) is 1.61. The zero-order valence-electron chi connectivity index (χ0n) is 9.58. The second-order valence-corrected chi connectivity index (χ2v) is 4.74. The third kappa shape index (κ3) is 2.58. The van der Waals surface area contributed by atoms with Gasteiger partial charge in [0.15, 0.2) is 0 Å². The van der Waals surface area contributed by atoms with Crippen LogP contribution in [0.15, 0.2) is 0 Å². The number of nitrogens with zero attached hydrogens (tertiary/aromatic N) is 1. The molecular formula is C12H21NO2. The Balaban J connectivity index is 1.92. The molecule has 0 aromatic heterocycles. The Hall–Kier alpha value is -0.410. The Morgan fingerprint density at radius 2 is 1.93 bits per heavy atom. The lowest BCUT2D eigenvalue weighted by Gasteiger charge is -2.37. The van der Waals surface area contributed by atoms with Crippen molar-refractivity contribution in [2.75, 3.05) is 20.3 Å². The largest absolute Gasteiger partial charge is 0.381 e. The van der Waals surface area contributed by atoms with Gasteiger partial charge in [0.25, 0.3) is 0 Å². The zero-order valence-corrected chi connectivity index (χ0v) is 9.58. The molecule has 0 aromatic carbocycles. The van der Waals surface area contributed by atoms with Crippen molar-refractivity contribution in [1.82, 2.24) is 4.90 Å². The number of rotatable bonds is 2. The Bertz CT molecular complexity index is 224. The van der Waals surface area contributed by atoms with Crippen molar-refractivity contribution in [3.63, 3.8) is 0 Å². The molecule has 1 unspecified atom stereocenters. The summed E-state index contributed by atoms with van der Waals surface area (Å²) in [7, 11) is 2.11. The number of hydrogen-bond donors (Lipinski definition) is 0. The third-order valence-electron chi connectivity index (χ3n) is 3.78. The molecule has 86 valence electrons. The average molecular weight is 211 g/mol. The van der Waals surface area contributed by atoms with Gasteiger partial charge in [-0.1, -0.05) is 6.42 Å². The molecule has 1 saturated heterocycles. The summed E-state index contributed by atoms with van der Waals surface area (Å²) in [4.78, 5) is 14.1. The van der Waals surface area contributed by atoms with E-state index in [1.165, 1.54) is 6.42 Å². The molecule has 1 aliphatic heterocycles. The molecular weight excluding hydrogens is 190 g/mol. The molecule has 2 rings (SSSR count). The standard InChI is InChI=1S/C12H21NO2/c1-13(10-6-8-15-9-7-10)11-4-2-3-5-12(11)14/h10-11H,2-9H2,1H3. The molecule has 0 aromatic rings. The molecule has 1 heterocycles. The van der Waals surface area contributed by atoms with E-state index in [1.807, 2.05) is 0 Å². The first-order chi connectivity index (χ1) is 7.29. The lowest BCUT2D eigenvalue weighted by molar-refractivity contribution is -0.127. The quantitative estimate of drug-likeness (QED) is 0.695. The van der Waals surface area contributed by atoms with Crippen LogP contribution in [0.5, 0.6) is 0 Å². The molecule has 0 radical (unpaired) electrons. The smallest absolute Gasteiger partial charge is 0.149 e. The monoisotopic (exact) mass is 211 g/mol. The number of Topliss-reactive ketones (excluding diaryl/α,β-unsaturated/α-hetero) is 1. The van der Waals surface area contributed by atoms with Crippen molar-refractivity contribution >= 4 is 5.78 Å². The minimum atomic E-state index is 0.196. The van der Waals surface area contributed by atoms with Crippen LogP contribution in [-0.2, 0) is 9.53 Å². The second-order valence-electron chi connectivity index (χ2n) is 4.74. The summed E-state index contributed by atoms with van der Waals surface area (Å²) in [5.74, 6) is 0.454. The van der Waals surface area contributed by atoms with Crippen LogP contribution in [0.4, 0.5) is 0 Å². The summed E-state index contributed by atoms with van der Waals surface area (Å²) >= 11 is 0. The van der Waals surface area contributed by atoms with Crippen LogP contribution in [0.1, 0.15) is 38.5 Å². The highest BCUT2D eigenvalue weighted by Crippen LogP contribution is 2.23. The minimum Gasteiger partial charge on any atom is -0.381 e. The van der Waals surface area contributed by atoms with Crippen LogP contribution in [0.3, 0.4) is 0 Å². The van der Waals surface area contributed by atoms with E-state index < -0.39 is 0 Å². The number of carbonyl (C=O) groups excluding carboxylic acids is 1. The molecule has 0 bridgehead atoms. The summed E-state index contributed by atoms with van der Waals surface area (Å²) in [6.45, 7) is 1.71. The van der Waals surface area contributed by atoms with Gasteiger partial charge in [-0.15, -0.1) is 0 Å². The Labute approximate surface area is 91.8 Å². The van der Waals surface area contributed by atoms with E-state index in [-0.39, 0.29) is 6.04 Å². The van der Waals surface area contributed by atoms with Gasteiger partial charge in [0.05, 0.1) is 6.04 Å². The Morgan fingerprint density at radius 3 is 2.60 bits per heavy atom. The van der Waals surface area contributed by atoms with E-state index in [0.29, 0.717) is 11.8 Å². The van der Waals surface area contributed by atoms with Crippen LogP contribution in [0, 0.1) is 0 Å². The van der Waals surface area contributed by atoms with Gasteiger partial charge in [-0.25, -0.2) is 0 Å². The van der Waals surface area contributed by atoms with Crippen LogP contribution in [-0.4, -0.2) is 43.0 Å². The number of likely N-dealkylation sites (N-methyl/N-ethyl adjacent to an activating group) is 1. The molecule has 15 heavy (non-hydrogen) atoms. The predicted molar refractivity (Wildman–Crippen MR) is 58.9 cm³/mol. The molecule has 1 atom stereocenters. The minimum absolute atomic E-state index is 0.196. The fourth-order valence-corrected chi connectivity index (χ4v) is 2.74. The maximum absolute atomic E-state index is 11.8. The van der Waals surface area contributed by atoms with Gasteiger partial charge in [-0.2, -0.15) is 0 Å². The first-order valence-electron chi connectivity index (χ1n) is 6.11. The van der Waals surface area contributed by atoms with E-state index in [4.69, 9.17) is 4.74 Å². The number of ether oxygens (including phenoxy) is 1. The topological polar surface area (TPSA) is 29.5 Å². The van der Waals surface area contributed by atoms with Crippen molar-refractivity contribution in [2.45, 2.75) is 50.6 Å². The van der Waals surface area contributed by atoms with Crippen LogP contribution < -0.4 is 0 Å². The lowest BCUT2D eigenvalue weighted by Crippen LogP contribution is -2.48. The van der Waals surface area contributed by atoms with E-state index in [9.17, 15) is 4.79 Å². The molecule has 0 spiro atoms. The molecule has 3 nitrogen and oxygen atoms in total. The highest BCUT2D eigenvalue weighted by molar-refractivity contribution is 5.84. The maximum Gasteiger partial charge on any atom is 0.149 e. The second kappa shape index (κ2) is 5.08. The van der Waals surface area contributed by atoms with Gasteiger partial charge in [0, 0.05) is 25.7 Å². The van der Waals surface area contributed by atoms with Gasteiger partial charge in [0.1, 0.15) is 5.78 Å². The highest BCUT2D eigenvalue weighted by atomic mass is 16.5. The number of hydrogen-bond acceptors (Lipinski definition) is 3. The molecule has 2 aliphatic rings. The van der Waals surface area contributed by atoms with E-state index in [1.54, 1.807) is 0 Å². The SMILES string of the molecule is CN(C1CCOCC1)C1CCCCC1=O. The maximum atomic E-state index is 11.8. The molecule has 1 aliphatic carbocycles. The molecule has 2 fully saturated rings. The number of ketones is 1. The summed E-state index contributed by atoms with van der Waals surface area (Å²) in [5.41, 5.74) is 0. The van der Waals surface area contributed by atoms with Crippen LogP contribution in [0.2, 0.25) is 0 Å². The van der Waals surface area contributed by atoms with Crippen LogP contribution in [0.25, 0.3) is 0 Å². The molecule has 1 saturated carbocycles. The highest BCUT2D eigenvalue weighted by Gasteiger charge is 2.30. The molecule has 3 heteroatoms. The average Bonchev–Trinajstić information content (AvgIpc) is 2.30. The third-order valence-corrected chi connectivity index (χ3v) is 3.78. The van der Waals surface area contributed by atoms with Crippen molar-refractivity contribution in [3.8, 4) is 0 Å². The van der Waals surface area contributed by atoms with E-state index in [2.05, 4.69) is 11.9 Å². The van der Waals surface area contributed by atoms with Crippen LogP contribution >= 0.6 is 0 Å².